The maximum absolute atomic E-state index is 4.36. The van der Waals surface area contributed by atoms with Gasteiger partial charge in [-0.3, -0.25) is 0 Å². The third kappa shape index (κ3) is 2.24. The van der Waals surface area contributed by atoms with Gasteiger partial charge in [-0.1, -0.05) is 0 Å². The van der Waals surface area contributed by atoms with Gasteiger partial charge in [-0.05, 0) is 6.92 Å². The highest BCUT2D eigenvalue weighted by atomic mass is 15.3. The molecule has 16 heavy (non-hydrogen) atoms. The lowest BCUT2D eigenvalue weighted by atomic mass is 10.2. The van der Waals surface area contributed by atoms with Crippen LogP contribution in [0.15, 0.2) is 12.4 Å². The molecule has 1 fully saturated rings. The van der Waals surface area contributed by atoms with Crippen LogP contribution in [0.3, 0.4) is 0 Å². The van der Waals surface area contributed by atoms with Gasteiger partial charge in [-0.2, -0.15) is 0 Å². The quantitative estimate of drug-likeness (QED) is 0.780. The number of nitrogens with one attached hydrogen (secondary N) is 1. The number of nitrogens with zero attached hydrogens (tertiary/aromatic N) is 4. The fourth-order valence-corrected chi connectivity index (χ4v) is 1.92. The maximum Gasteiger partial charge on any atom is 0.134 e. The molecule has 0 amide bonds. The molecule has 2 heterocycles. The third-order valence-corrected chi connectivity index (χ3v) is 2.89. The summed E-state index contributed by atoms with van der Waals surface area (Å²) in [6.07, 6.45) is 1.64. The van der Waals surface area contributed by atoms with Crippen molar-refractivity contribution in [2.24, 2.45) is 0 Å². The van der Waals surface area contributed by atoms with Crippen LogP contribution in [0.5, 0.6) is 0 Å². The first-order valence-electron chi connectivity index (χ1n) is 5.65. The molecule has 5 heteroatoms. The highest BCUT2D eigenvalue weighted by Crippen LogP contribution is 2.18. The third-order valence-electron chi connectivity index (χ3n) is 2.89. The highest BCUT2D eigenvalue weighted by Gasteiger charge is 2.19. The Kier molecular flexibility index (Phi) is 3.24. The molecular formula is C11H19N5. The van der Waals surface area contributed by atoms with E-state index in [0.717, 1.165) is 31.3 Å². The van der Waals surface area contributed by atoms with E-state index in [-0.39, 0.29) is 0 Å². The summed E-state index contributed by atoms with van der Waals surface area (Å²) in [4.78, 5) is 12.9. The predicted octanol–water partition coefficient (Wildman–Crippen LogP) is 0.341. The fourth-order valence-electron chi connectivity index (χ4n) is 1.92. The van der Waals surface area contributed by atoms with Crippen molar-refractivity contribution in [2.45, 2.75) is 13.0 Å². The molecule has 88 valence electrons. The average Bonchev–Trinajstić information content (AvgIpc) is 2.30. The van der Waals surface area contributed by atoms with Gasteiger partial charge >= 0.3 is 0 Å². The van der Waals surface area contributed by atoms with Crippen LogP contribution in [-0.2, 0) is 0 Å². The van der Waals surface area contributed by atoms with Crippen LogP contribution in [0.2, 0.25) is 0 Å². The maximum atomic E-state index is 4.36. The summed E-state index contributed by atoms with van der Waals surface area (Å²) in [5.74, 6) is 1.98. The van der Waals surface area contributed by atoms with Gasteiger partial charge < -0.3 is 15.1 Å². The Labute approximate surface area is 96.5 Å². The number of rotatable bonds is 2. The number of hydrogen-bond donors (Lipinski definition) is 1. The summed E-state index contributed by atoms with van der Waals surface area (Å²) < 4.78 is 0. The SMILES string of the molecule is CC1CNCCN1c1cc(N(C)C)ncn1. The minimum Gasteiger partial charge on any atom is -0.363 e. The van der Waals surface area contributed by atoms with Gasteiger partial charge in [0.25, 0.3) is 0 Å². The minimum atomic E-state index is 0.485. The van der Waals surface area contributed by atoms with Crippen molar-refractivity contribution in [3.8, 4) is 0 Å². The summed E-state index contributed by atoms with van der Waals surface area (Å²) >= 11 is 0. The van der Waals surface area contributed by atoms with Crippen LogP contribution in [-0.4, -0.2) is 49.7 Å². The van der Waals surface area contributed by atoms with Crippen LogP contribution in [0.1, 0.15) is 6.92 Å². The predicted molar refractivity (Wildman–Crippen MR) is 66.0 cm³/mol. The number of aromatic nitrogens is 2. The molecule has 0 bridgehead atoms. The minimum absolute atomic E-state index is 0.485. The average molecular weight is 221 g/mol. The Morgan fingerprint density at radius 1 is 1.44 bits per heavy atom. The molecule has 1 aromatic rings. The van der Waals surface area contributed by atoms with Crippen LogP contribution >= 0.6 is 0 Å². The lowest BCUT2D eigenvalue weighted by Gasteiger charge is -2.35. The van der Waals surface area contributed by atoms with E-state index >= 15 is 0 Å². The van der Waals surface area contributed by atoms with Crippen LogP contribution in [0, 0.1) is 0 Å². The first kappa shape index (κ1) is 11.1. The van der Waals surface area contributed by atoms with Gasteiger partial charge in [0.05, 0.1) is 0 Å². The molecule has 1 unspecified atom stereocenters. The molecule has 1 aliphatic rings. The zero-order valence-corrected chi connectivity index (χ0v) is 10.1. The van der Waals surface area contributed by atoms with Gasteiger partial charge in [0.1, 0.15) is 18.0 Å². The van der Waals surface area contributed by atoms with E-state index in [0.29, 0.717) is 6.04 Å². The van der Waals surface area contributed by atoms with E-state index < -0.39 is 0 Å². The number of anilines is 2. The van der Waals surface area contributed by atoms with Crippen molar-refractivity contribution >= 4 is 11.6 Å². The first-order valence-corrected chi connectivity index (χ1v) is 5.65. The van der Waals surface area contributed by atoms with E-state index in [1.165, 1.54) is 0 Å². The van der Waals surface area contributed by atoms with E-state index in [9.17, 15) is 0 Å². The zero-order valence-electron chi connectivity index (χ0n) is 10.1. The second kappa shape index (κ2) is 4.65. The van der Waals surface area contributed by atoms with Crippen LogP contribution in [0.25, 0.3) is 0 Å². The normalized spacial score (nSPS) is 20.9. The zero-order chi connectivity index (χ0) is 11.5. The molecule has 0 saturated carbocycles. The molecule has 1 atom stereocenters. The molecule has 1 aromatic heterocycles. The monoisotopic (exact) mass is 221 g/mol. The Morgan fingerprint density at radius 2 is 2.25 bits per heavy atom. The Bertz CT molecular complexity index is 352. The Balaban J connectivity index is 2.21. The molecule has 0 aliphatic carbocycles. The van der Waals surface area contributed by atoms with Gasteiger partial charge in [0.15, 0.2) is 0 Å². The van der Waals surface area contributed by atoms with Crippen molar-refractivity contribution in [1.29, 1.82) is 0 Å². The van der Waals surface area contributed by atoms with Crippen molar-refractivity contribution in [3.05, 3.63) is 12.4 Å². The van der Waals surface area contributed by atoms with E-state index in [2.05, 4.69) is 27.1 Å². The molecule has 2 rings (SSSR count). The number of piperazine rings is 1. The topological polar surface area (TPSA) is 44.3 Å². The van der Waals surface area contributed by atoms with Crippen molar-refractivity contribution in [1.82, 2.24) is 15.3 Å². The highest BCUT2D eigenvalue weighted by molar-refractivity contribution is 5.50. The van der Waals surface area contributed by atoms with Crippen molar-refractivity contribution < 1.29 is 0 Å². The van der Waals surface area contributed by atoms with Crippen LogP contribution in [0.4, 0.5) is 11.6 Å². The summed E-state index contributed by atoms with van der Waals surface area (Å²) in [5.41, 5.74) is 0. The van der Waals surface area contributed by atoms with Crippen molar-refractivity contribution in [3.63, 3.8) is 0 Å². The summed E-state index contributed by atoms with van der Waals surface area (Å²) in [6, 6.07) is 2.53. The van der Waals surface area contributed by atoms with Gasteiger partial charge in [-0.15, -0.1) is 0 Å². The van der Waals surface area contributed by atoms with Gasteiger partial charge in [0.2, 0.25) is 0 Å². The standard InChI is InChI=1S/C11H19N5/c1-9-7-12-4-5-16(9)11-6-10(15(2)3)13-8-14-11/h6,8-9,12H,4-5,7H2,1-3H3. The van der Waals surface area contributed by atoms with E-state index in [1.54, 1.807) is 6.33 Å². The second-order valence-electron chi connectivity index (χ2n) is 4.38. The Hall–Kier alpha value is -1.36. The molecule has 1 N–H and O–H groups in total. The van der Waals surface area contributed by atoms with E-state index in [4.69, 9.17) is 0 Å². The molecule has 1 saturated heterocycles. The number of hydrogen-bond acceptors (Lipinski definition) is 5. The molecule has 5 nitrogen and oxygen atoms in total. The Morgan fingerprint density at radius 3 is 2.94 bits per heavy atom. The smallest absolute Gasteiger partial charge is 0.134 e. The lowest BCUT2D eigenvalue weighted by molar-refractivity contribution is 0.497. The summed E-state index contributed by atoms with van der Waals surface area (Å²) in [6.45, 7) is 5.25. The molecule has 1 aliphatic heterocycles. The van der Waals surface area contributed by atoms with E-state index in [1.807, 2.05) is 25.1 Å². The largest absolute Gasteiger partial charge is 0.363 e. The van der Waals surface area contributed by atoms with Crippen LogP contribution < -0.4 is 15.1 Å². The molecule has 0 aromatic carbocycles. The summed E-state index contributed by atoms with van der Waals surface area (Å²) in [7, 11) is 3.99. The first-order chi connectivity index (χ1) is 7.68. The fraction of sp³-hybridized carbons (Fsp3) is 0.636. The van der Waals surface area contributed by atoms with Gasteiger partial charge in [-0.25, -0.2) is 9.97 Å². The molecule has 0 radical (unpaired) electrons. The van der Waals surface area contributed by atoms with Crippen molar-refractivity contribution in [2.75, 3.05) is 43.5 Å². The van der Waals surface area contributed by atoms with Gasteiger partial charge in [0, 0.05) is 45.8 Å². The second-order valence-corrected chi connectivity index (χ2v) is 4.38. The lowest BCUT2D eigenvalue weighted by Crippen LogP contribution is -2.50. The molecular weight excluding hydrogens is 202 g/mol. The summed E-state index contributed by atoms with van der Waals surface area (Å²) in [5, 5.41) is 3.38. The molecule has 0 spiro atoms.